The minimum atomic E-state index is -3.49. The van der Waals surface area contributed by atoms with E-state index in [1.807, 2.05) is 55.5 Å². The molecule has 1 atom stereocenters. The molecule has 0 aliphatic carbocycles. The van der Waals surface area contributed by atoms with Crippen LogP contribution in [-0.2, 0) is 27.8 Å². The molecular weight excluding hydrogens is 324 g/mol. The zero-order valence-electron chi connectivity index (χ0n) is 13.7. The number of benzene rings is 2. The molecule has 126 valence electrons. The molecule has 0 saturated carbocycles. The summed E-state index contributed by atoms with van der Waals surface area (Å²) >= 11 is 0. The predicted octanol–water partition coefficient (Wildman–Crippen LogP) is 2.32. The Bertz CT molecular complexity index is 860. The third-order valence-electron chi connectivity index (χ3n) is 4.25. The Balaban J connectivity index is 1.88. The topological polar surface area (TPSA) is 66.5 Å². The van der Waals surface area contributed by atoms with Crippen molar-refractivity contribution in [2.45, 2.75) is 25.9 Å². The van der Waals surface area contributed by atoms with Crippen molar-refractivity contribution >= 4 is 21.6 Å². The Labute approximate surface area is 142 Å². The molecule has 5 nitrogen and oxygen atoms in total. The zero-order valence-corrected chi connectivity index (χ0v) is 14.5. The second kappa shape index (κ2) is 6.37. The van der Waals surface area contributed by atoms with Gasteiger partial charge in [0.15, 0.2) is 0 Å². The summed E-state index contributed by atoms with van der Waals surface area (Å²) in [4.78, 5) is 12.7. The number of fused-ring (bicyclic) bond motifs is 1. The number of amides is 1. The van der Waals surface area contributed by atoms with E-state index in [0.717, 1.165) is 22.9 Å². The lowest BCUT2D eigenvalue weighted by Crippen LogP contribution is -2.50. The van der Waals surface area contributed by atoms with Gasteiger partial charge in [-0.05, 0) is 36.6 Å². The molecule has 1 N–H and O–H groups in total. The molecule has 2 aromatic rings. The molecule has 24 heavy (non-hydrogen) atoms. The van der Waals surface area contributed by atoms with Gasteiger partial charge in [0.25, 0.3) is 0 Å². The second-order valence-corrected chi connectivity index (χ2v) is 8.09. The van der Waals surface area contributed by atoms with Gasteiger partial charge in [0, 0.05) is 12.2 Å². The molecule has 1 heterocycles. The third kappa shape index (κ3) is 3.49. The zero-order chi connectivity index (χ0) is 17.3. The van der Waals surface area contributed by atoms with Crippen molar-refractivity contribution in [3.05, 3.63) is 65.2 Å². The summed E-state index contributed by atoms with van der Waals surface area (Å²) in [7, 11) is -3.49. The molecule has 2 aromatic carbocycles. The van der Waals surface area contributed by atoms with Crippen molar-refractivity contribution in [1.29, 1.82) is 0 Å². The minimum Gasteiger partial charge on any atom is -0.325 e. The molecule has 0 spiro atoms. The Hall–Kier alpha value is -2.18. The first-order valence-electron chi connectivity index (χ1n) is 7.76. The highest BCUT2D eigenvalue weighted by Gasteiger charge is 2.36. The van der Waals surface area contributed by atoms with Crippen molar-refractivity contribution in [3.8, 4) is 0 Å². The summed E-state index contributed by atoms with van der Waals surface area (Å²) in [6.45, 7) is 2.19. The number of sulfonamides is 1. The smallest absolute Gasteiger partial charge is 0.243 e. The first kappa shape index (κ1) is 16.7. The van der Waals surface area contributed by atoms with Crippen molar-refractivity contribution < 1.29 is 13.2 Å². The average Bonchev–Trinajstić information content (AvgIpc) is 2.55. The van der Waals surface area contributed by atoms with E-state index in [-0.39, 0.29) is 12.5 Å². The van der Waals surface area contributed by atoms with Crippen molar-refractivity contribution in [1.82, 2.24) is 4.31 Å². The maximum atomic E-state index is 12.7. The van der Waals surface area contributed by atoms with E-state index in [4.69, 9.17) is 0 Å². The normalized spacial score (nSPS) is 18.0. The van der Waals surface area contributed by atoms with E-state index in [0.29, 0.717) is 12.1 Å². The summed E-state index contributed by atoms with van der Waals surface area (Å²) in [5, 5.41) is 2.83. The summed E-state index contributed by atoms with van der Waals surface area (Å²) in [5.74, 6) is -0.307. The van der Waals surface area contributed by atoms with E-state index >= 15 is 0 Å². The van der Waals surface area contributed by atoms with Crippen LogP contribution in [0.15, 0.2) is 48.5 Å². The monoisotopic (exact) mass is 344 g/mol. The van der Waals surface area contributed by atoms with E-state index < -0.39 is 16.1 Å². The average molecular weight is 344 g/mol. The van der Waals surface area contributed by atoms with Crippen LogP contribution in [-0.4, -0.2) is 30.9 Å². The molecular formula is C18H20N2O3S. The van der Waals surface area contributed by atoms with E-state index in [2.05, 4.69) is 5.32 Å². The van der Waals surface area contributed by atoms with Crippen LogP contribution in [0.2, 0.25) is 0 Å². The minimum absolute atomic E-state index is 0.223. The number of anilines is 1. The number of rotatable bonds is 3. The van der Waals surface area contributed by atoms with Crippen LogP contribution < -0.4 is 5.32 Å². The largest absolute Gasteiger partial charge is 0.325 e. The van der Waals surface area contributed by atoms with E-state index in [9.17, 15) is 13.2 Å². The van der Waals surface area contributed by atoms with Crippen LogP contribution in [0.5, 0.6) is 0 Å². The molecule has 3 rings (SSSR count). The van der Waals surface area contributed by atoms with E-state index in [1.54, 1.807) is 0 Å². The summed E-state index contributed by atoms with van der Waals surface area (Å²) in [6, 6.07) is 14.3. The van der Waals surface area contributed by atoms with Crippen molar-refractivity contribution in [2.75, 3.05) is 11.6 Å². The lowest BCUT2D eigenvalue weighted by molar-refractivity contribution is -0.120. The molecule has 0 radical (unpaired) electrons. The molecule has 0 saturated heterocycles. The third-order valence-corrected chi connectivity index (χ3v) is 5.49. The number of carbonyl (C=O) groups excluding carboxylic acids is 1. The van der Waals surface area contributed by atoms with Gasteiger partial charge in [-0.25, -0.2) is 8.42 Å². The van der Waals surface area contributed by atoms with Crippen LogP contribution in [0.1, 0.15) is 16.7 Å². The SMILES string of the molecule is Cc1ccc(NC(=O)C2Cc3ccccc3CN2S(C)(=O)=O)cc1. The Morgan fingerprint density at radius 3 is 2.33 bits per heavy atom. The molecule has 1 unspecified atom stereocenters. The lowest BCUT2D eigenvalue weighted by Gasteiger charge is -2.34. The second-order valence-electron chi connectivity index (χ2n) is 6.15. The van der Waals surface area contributed by atoms with Gasteiger partial charge in [-0.2, -0.15) is 4.31 Å². The molecule has 0 bridgehead atoms. The van der Waals surface area contributed by atoms with Gasteiger partial charge in [-0.1, -0.05) is 42.0 Å². The van der Waals surface area contributed by atoms with Crippen LogP contribution in [0, 0.1) is 6.92 Å². The van der Waals surface area contributed by atoms with Gasteiger partial charge in [0.05, 0.1) is 6.26 Å². The Kier molecular flexibility index (Phi) is 4.43. The highest BCUT2D eigenvalue weighted by atomic mass is 32.2. The summed E-state index contributed by atoms with van der Waals surface area (Å²) in [5.41, 5.74) is 3.72. The molecule has 1 aliphatic rings. The fraction of sp³-hybridized carbons (Fsp3) is 0.278. The van der Waals surface area contributed by atoms with Gasteiger partial charge >= 0.3 is 0 Å². The maximum Gasteiger partial charge on any atom is 0.243 e. The number of aryl methyl sites for hydroxylation is 1. The Morgan fingerprint density at radius 2 is 1.71 bits per heavy atom. The maximum absolute atomic E-state index is 12.7. The van der Waals surface area contributed by atoms with Crippen molar-refractivity contribution in [2.24, 2.45) is 0 Å². The molecule has 1 aliphatic heterocycles. The van der Waals surface area contributed by atoms with Crippen molar-refractivity contribution in [3.63, 3.8) is 0 Å². The fourth-order valence-corrected chi connectivity index (χ4v) is 3.94. The van der Waals surface area contributed by atoms with Gasteiger partial charge < -0.3 is 5.32 Å². The summed E-state index contributed by atoms with van der Waals surface area (Å²) in [6.07, 6.45) is 1.52. The van der Waals surface area contributed by atoms with Crippen LogP contribution >= 0.6 is 0 Å². The molecule has 0 fully saturated rings. The number of carbonyl (C=O) groups is 1. The number of nitrogens with one attached hydrogen (secondary N) is 1. The van der Waals surface area contributed by atoms with Gasteiger partial charge in [0.2, 0.25) is 15.9 Å². The number of hydrogen-bond donors (Lipinski definition) is 1. The number of nitrogens with zero attached hydrogens (tertiary/aromatic N) is 1. The van der Waals surface area contributed by atoms with Gasteiger partial charge in [0.1, 0.15) is 6.04 Å². The number of hydrogen-bond acceptors (Lipinski definition) is 3. The highest BCUT2D eigenvalue weighted by molar-refractivity contribution is 7.88. The molecule has 1 amide bonds. The lowest BCUT2D eigenvalue weighted by atomic mass is 9.95. The predicted molar refractivity (Wildman–Crippen MR) is 94.1 cm³/mol. The fourth-order valence-electron chi connectivity index (χ4n) is 2.93. The highest BCUT2D eigenvalue weighted by Crippen LogP contribution is 2.26. The van der Waals surface area contributed by atoms with Gasteiger partial charge in [-0.3, -0.25) is 4.79 Å². The first-order chi connectivity index (χ1) is 11.3. The first-order valence-corrected chi connectivity index (χ1v) is 9.60. The van der Waals surface area contributed by atoms with Crippen LogP contribution in [0.25, 0.3) is 0 Å². The van der Waals surface area contributed by atoms with Gasteiger partial charge in [-0.15, -0.1) is 0 Å². The van der Waals surface area contributed by atoms with Crippen LogP contribution in [0.3, 0.4) is 0 Å². The molecule has 0 aromatic heterocycles. The Morgan fingerprint density at radius 1 is 1.08 bits per heavy atom. The van der Waals surface area contributed by atoms with Crippen LogP contribution in [0.4, 0.5) is 5.69 Å². The molecule has 6 heteroatoms. The van der Waals surface area contributed by atoms with E-state index in [1.165, 1.54) is 4.31 Å². The summed E-state index contributed by atoms with van der Waals surface area (Å²) < 4.78 is 25.6. The quantitative estimate of drug-likeness (QED) is 0.929. The standard InChI is InChI=1S/C18H20N2O3S/c1-13-7-9-16(10-8-13)19-18(21)17-11-14-5-3-4-6-15(14)12-20(17)24(2,22)23/h3-10,17H,11-12H2,1-2H3,(H,19,21).